The van der Waals surface area contributed by atoms with E-state index < -0.39 is 23.0 Å². The van der Waals surface area contributed by atoms with E-state index in [1.54, 1.807) is 0 Å². The Kier molecular flexibility index (Phi) is 3.29. The Bertz CT molecular complexity index is 373. The zero-order valence-corrected chi connectivity index (χ0v) is 7.73. The summed E-state index contributed by atoms with van der Waals surface area (Å²) in [4.78, 5) is 20.4. The quantitative estimate of drug-likeness (QED) is 0.298. The molecule has 1 aromatic rings. The van der Waals surface area contributed by atoms with Crippen LogP contribution in [-0.4, -0.2) is 37.3 Å². The molecule has 1 rings (SSSR count). The van der Waals surface area contributed by atoms with Crippen LogP contribution in [0.3, 0.4) is 0 Å². The van der Waals surface area contributed by atoms with E-state index in [0.29, 0.717) is 0 Å². The normalized spacial score (nSPS) is 12.1. The van der Waals surface area contributed by atoms with Crippen LogP contribution in [0.1, 0.15) is 6.92 Å². The standard InChI is InChI=1S/C6H8N4O5/c1-4(11)15-6(12)3-9-2-5(7-8-9)10(13)14/h2,4,11H,3H2,1H3. The van der Waals surface area contributed by atoms with Gasteiger partial charge in [-0.25, -0.2) is 9.48 Å². The van der Waals surface area contributed by atoms with Crippen LogP contribution in [-0.2, 0) is 16.1 Å². The summed E-state index contributed by atoms with van der Waals surface area (Å²) < 4.78 is 5.33. The minimum absolute atomic E-state index is 0.342. The van der Waals surface area contributed by atoms with Crippen LogP contribution in [0.15, 0.2) is 6.20 Å². The van der Waals surface area contributed by atoms with Crippen molar-refractivity contribution in [1.82, 2.24) is 15.0 Å². The number of carbonyl (C=O) groups is 1. The number of aliphatic hydroxyl groups is 1. The van der Waals surface area contributed by atoms with Gasteiger partial charge in [-0.1, -0.05) is 0 Å². The molecule has 0 aromatic carbocycles. The molecule has 0 spiro atoms. The van der Waals surface area contributed by atoms with Crippen molar-refractivity contribution in [2.75, 3.05) is 0 Å². The summed E-state index contributed by atoms with van der Waals surface area (Å²) in [5, 5.41) is 25.4. The molecule has 0 saturated heterocycles. The van der Waals surface area contributed by atoms with Crippen molar-refractivity contribution in [3.05, 3.63) is 16.3 Å². The van der Waals surface area contributed by atoms with Crippen LogP contribution in [0.5, 0.6) is 0 Å². The molecule has 9 heteroatoms. The second-order valence-corrected chi connectivity index (χ2v) is 2.62. The number of nitro groups is 1. The van der Waals surface area contributed by atoms with Crippen molar-refractivity contribution in [3.8, 4) is 0 Å². The van der Waals surface area contributed by atoms with Crippen LogP contribution < -0.4 is 0 Å². The Balaban J connectivity index is 2.57. The van der Waals surface area contributed by atoms with Gasteiger partial charge in [0.2, 0.25) is 0 Å². The van der Waals surface area contributed by atoms with E-state index in [2.05, 4.69) is 15.0 Å². The number of esters is 1. The summed E-state index contributed by atoms with van der Waals surface area (Å²) in [6.07, 6.45) is -0.237. The van der Waals surface area contributed by atoms with Crippen molar-refractivity contribution in [3.63, 3.8) is 0 Å². The average Bonchev–Trinajstić information content (AvgIpc) is 2.50. The van der Waals surface area contributed by atoms with E-state index in [1.807, 2.05) is 0 Å². The number of aromatic nitrogens is 3. The second kappa shape index (κ2) is 4.46. The largest absolute Gasteiger partial charge is 0.435 e. The number of hydrogen-bond acceptors (Lipinski definition) is 7. The van der Waals surface area contributed by atoms with Crippen LogP contribution in [0.2, 0.25) is 0 Å². The first-order valence-electron chi connectivity index (χ1n) is 3.91. The van der Waals surface area contributed by atoms with Gasteiger partial charge in [-0.2, -0.15) is 0 Å². The van der Waals surface area contributed by atoms with Gasteiger partial charge in [0.15, 0.2) is 6.29 Å². The molecule has 1 aromatic heterocycles. The van der Waals surface area contributed by atoms with Crippen LogP contribution in [0.4, 0.5) is 5.82 Å². The first kappa shape index (κ1) is 11.0. The summed E-state index contributed by atoms with van der Waals surface area (Å²) in [5.74, 6) is -1.22. The van der Waals surface area contributed by atoms with E-state index >= 15 is 0 Å². The van der Waals surface area contributed by atoms with Crippen LogP contribution in [0, 0.1) is 10.1 Å². The third kappa shape index (κ3) is 3.31. The van der Waals surface area contributed by atoms with E-state index in [9.17, 15) is 14.9 Å². The summed E-state index contributed by atoms with van der Waals surface area (Å²) in [5.41, 5.74) is 0. The molecule has 9 nitrogen and oxygen atoms in total. The number of rotatable bonds is 4. The highest BCUT2D eigenvalue weighted by Gasteiger charge is 2.15. The predicted molar refractivity (Wildman–Crippen MR) is 44.4 cm³/mol. The lowest BCUT2D eigenvalue weighted by Crippen LogP contribution is -2.19. The van der Waals surface area contributed by atoms with Gasteiger partial charge >= 0.3 is 11.8 Å². The molecular weight excluding hydrogens is 208 g/mol. The fraction of sp³-hybridized carbons (Fsp3) is 0.500. The average molecular weight is 216 g/mol. The fourth-order valence-electron chi connectivity index (χ4n) is 0.809. The van der Waals surface area contributed by atoms with Gasteiger partial charge in [-0.3, -0.25) is 0 Å². The lowest BCUT2D eigenvalue weighted by Gasteiger charge is -2.05. The molecule has 82 valence electrons. The third-order valence-electron chi connectivity index (χ3n) is 1.31. The summed E-state index contributed by atoms with van der Waals surface area (Å²) in [6.45, 7) is 0.924. The monoisotopic (exact) mass is 216 g/mol. The van der Waals surface area contributed by atoms with E-state index in [1.165, 1.54) is 6.92 Å². The molecule has 0 saturated carbocycles. The Labute approximate surface area is 83.4 Å². The van der Waals surface area contributed by atoms with Gasteiger partial charge in [-0.15, -0.1) is 0 Å². The van der Waals surface area contributed by atoms with Crippen LogP contribution >= 0.6 is 0 Å². The molecule has 0 amide bonds. The van der Waals surface area contributed by atoms with Crippen molar-refractivity contribution in [2.24, 2.45) is 0 Å². The molecule has 1 unspecified atom stereocenters. The lowest BCUT2D eigenvalue weighted by molar-refractivity contribution is -0.389. The summed E-state index contributed by atoms with van der Waals surface area (Å²) >= 11 is 0. The topological polar surface area (TPSA) is 120 Å². The lowest BCUT2D eigenvalue weighted by atomic mass is 10.6. The van der Waals surface area contributed by atoms with Gasteiger partial charge in [-0.05, 0) is 11.8 Å². The van der Waals surface area contributed by atoms with Gasteiger partial charge < -0.3 is 20.0 Å². The number of aliphatic hydroxyl groups excluding tert-OH is 1. The van der Waals surface area contributed by atoms with E-state index in [4.69, 9.17) is 5.11 Å². The molecule has 1 N–H and O–H groups in total. The van der Waals surface area contributed by atoms with Gasteiger partial charge in [0.25, 0.3) is 0 Å². The summed E-state index contributed by atoms with van der Waals surface area (Å²) in [6, 6.07) is 0. The van der Waals surface area contributed by atoms with Crippen molar-refractivity contribution in [2.45, 2.75) is 19.8 Å². The first-order valence-corrected chi connectivity index (χ1v) is 3.91. The highest BCUT2D eigenvalue weighted by molar-refractivity contribution is 5.69. The Morgan fingerprint density at radius 2 is 2.53 bits per heavy atom. The van der Waals surface area contributed by atoms with Crippen molar-refractivity contribution < 1.29 is 19.6 Å². The molecule has 0 aliphatic heterocycles. The van der Waals surface area contributed by atoms with Gasteiger partial charge in [0.05, 0.1) is 5.21 Å². The van der Waals surface area contributed by atoms with Gasteiger partial charge in [0, 0.05) is 0 Å². The maximum atomic E-state index is 11.0. The fourth-order valence-corrected chi connectivity index (χ4v) is 0.809. The maximum Gasteiger partial charge on any atom is 0.410 e. The van der Waals surface area contributed by atoms with E-state index in [-0.39, 0.29) is 6.54 Å². The minimum atomic E-state index is -1.23. The smallest absolute Gasteiger partial charge is 0.410 e. The number of carbonyl (C=O) groups excluding carboxylic acids is 1. The summed E-state index contributed by atoms with van der Waals surface area (Å²) in [7, 11) is 0. The molecular formula is C6H8N4O5. The zero-order valence-electron chi connectivity index (χ0n) is 7.73. The minimum Gasteiger partial charge on any atom is -0.435 e. The number of hydrogen-bond donors (Lipinski definition) is 1. The van der Waals surface area contributed by atoms with Crippen molar-refractivity contribution in [1.29, 1.82) is 0 Å². The predicted octanol–water partition coefficient (Wildman–Crippen LogP) is -0.932. The molecule has 15 heavy (non-hydrogen) atoms. The Morgan fingerprint density at radius 1 is 1.87 bits per heavy atom. The first-order chi connectivity index (χ1) is 6.99. The molecule has 0 aliphatic rings. The molecule has 0 bridgehead atoms. The Morgan fingerprint density at radius 3 is 3.00 bits per heavy atom. The third-order valence-corrected chi connectivity index (χ3v) is 1.31. The molecule has 1 heterocycles. The zero-order chi connectivity index (χ0) is 11.4. The second-order valence-electron chi connectivity index (χ2n) is 2.62. The van der Waals surface area contributed by atoms with E-state index in [0.717, 1.165) is 10.9 Å². The SMILES string of the molecule is CC(O)OC(=O)Cn1cc([N+](=O)[O-])nn1. The molecule has 0 radical (unpaired) electrons. The van der Waals surface area contributed by atoms with Crippen LogP contribution in [0.25, 0.3) is 0 Å². The Hall–Kier alpha value is -2.03. The molecule has 1 atom stereocenters. The number of ether oxygens (including phenoxy) is 1. The van der Waals surface area contributed by atoms with Gasteiger partial charge in [0.1, 0.15) is 17.8 Å². The van der Waals surface area contributed by atoms with Crippen molar-refractivity contribution >= 4 is 11.8 Å². The number of nitrogens with zero attached hydrogens (tertiary/aromatic N) is 4. The highest BCUT2D eigenvalue weighted by Crippen LogP contribution is 2.03. The molecule has 0 fully saturated rings. The maximum absolute atomic E-state index is 11.0. The highest BCUT2D eigenvalue weighted by atomic mass is 16.6. The molecule has 0 aliphatic carbocycles.